The number of benzene rings is 1. The van der Waals surface area contributed by atoms with Crippen molar-refractivity contribution >= 4 is 5.91 Å². The van der Waals surface area contributed by atoms with Gasteiger partial charge in [-0.2, -0.15) is 4.99 Å². The summed E-state index contributed by atoms with van der Waals surface area (Å²) >= 11 is 0. The number of nitrogens with zero attached hydrogens (tertiary/aromatic N) is 2. The van der Waals surface area contributed by atoms with E-state index in [4.69, 9.17) is 4.42 Å². The van der Waals surface area contributed by atoms with Crippen LogP contribution in [0.5, 0.6) is 0 Å². The standard InChI is InChI=1S/C19H18N2O2/c1-14-12-17(15(2)23-14)19(22)20-18-10-6-7-11-21(18)13-16-8-4-3-5-9-16/h3-12H,13H2,1-2H3. The Labute approximate surface area is 134 Å². The van der Waals surface area contributed by atoms with Crippen molar-refractivity contribution in [1.82, 2.24) is 4.57 Å². The molecule has 0 fully saturated rings. The fraction of sp³-hybridized carbons (Fsp3) is 0.158. The Morgan fingerprint density at radius 3 is 2.52 bits per heavy atom. The lowest BCUT2D eigenvalue weighted by Gasteiger charge is -2.07. The predicted octanol–water partition coefficient (Wildman–Crippen LogP) is 3.49. The van der Waals surface area contributed by atoms with Crippen LogP contribution in [0, 0.1) is 13.8 Å². The number of hydrogen-bond donors (Lipinski definition) is 0. The lowest BCUT2D eigenvalue weighted by molar-refractivity contribution is 0.0995. The second-order valence-electron chi connectivity index (χ2n) is 5.42. The van der Waals surface area contributed by atoms with Gasteiger partial charge in [-0.15, -0.1) is 0 Å². The van der Waals surface area contributed by atoms with Gasteiger partial charge in [0.05, 0.1) is 5.56 Å². The van der Waals surface area contributed by atoms with Crippen LogP contribution in [0.2, 0.25) is 0 Å². The number of aromatic nitrogens is 1. The van der Waals surface area contributed by atoms with Gasteiger partial charge >= 0.3 is 0 Å². The quantitative estimate of drug-likeness (QED) is 0.743. The van der Waals surface area contributed by atoms with Crippen molar-refractivity contribution in [2.45, 2.75) is 20.4 Å². The first-order valence-electron chi connectivity index (χ1n) is 7.49. The molecule has 3 rings (SSSR count). The molecule has 2 heterocycles. The van der Waals surface area contributed by atoms with Crippen LogP contribution < -0.4 is 5.49 Å². The van der Waals surface area contributed by atoms with Crippen LogP contribution in [0.4, 0.5) is 0 Å². The smallest absolute Gasteiger partial charge is 0.282 e. The molecular weight excluding hydrogens is 288 g/mol. The Bertz CT molecular complexity index is 889. The third-order valence-corrected chi connectivity index (χ3v) is 3.60. The molecule has 1 amide bonds. The average Bonchev–Trinajstić information content (AvgIpc) is 2.89. The Kier molecular flexibility index (Phi) is 4.24. The van der Waals surface area contributed by atoms with Crippen molar-refractivity contribution in [2.75, 3.05) is 0 Å². The van der Waals surface area contributed by atoms with Gasteiger partial charge in [0.1, 0.15) is 17.0 Å². The van der Waals surface area contributed by atoms with E-state index < -0.39 is 0 Å². The van der Waals surface area contributed by atoms with E-state index in [0.717, 1.165) is 5.56 Å². The van der Waals surface area contributed by atoms with Crippen LogP contribution >= 0.6 is 0 Å². The maximum absolute atomic E-state index is 12.4. The van der Waals surface area contributed by atoms with Gasteiger partial charge in [0.15, 0.2) is 0 Å². The van der Waals surface area contributed by atoms with Gasteiger partial charge in [-0.1, -0.05) is 36.4 Å². The number of carbonyl (C=O) groups excluding carboxylic acids is 1. The summed E-state index contributed by atoms with van der Waals surface area (Å²) in [4.78, 5) is 16.7. The third-order valence-electron chi connectivity index (χ3n) is 3.60. The zero-order chi connectivity index (χ0) is 16.2. The fourth-order valence-corrected chi connectivity index (χ4v) is 2.49. The summed E-state index contributed by atoms with van der Waals surface area (Å²) < 4.78 is 7.37. The molecule has 116 valence electrons. The molecule has 4 nitrogen and oxygen atoms in total. The molecule has 2 aromatic heterocycles. The second-order valence-corrected chi connectivity index (χ2v) is 5.42. The maximum Gasteiger partial charge on any atom is 0.282 e. The van der Waals surface area contributed by atoms with Crippen LogP contribution in [0.15, 0.2) is 70.2 Å². The zero-order valence-electron chi connectivity index (χ0n) is 13.2. The normalized spacial score (nSPS) is 11.7. The summed E-state index contributed by atoms with van der Waals surface area (Å²) in [5, 5.41) is 0. The van der Waals surface area contributed by atoms with Crippen molar-refractivity contribution in [3.8, 4) is 0 Å². The fourth-order valence-electron chi connectivity index (χ4n) is 2.49. The van der Waals surface area contributed by atoms with E-state index in [1.54, 1.807) is 13.0 Å². The molecule has 0 unspecified atom stereocenters. The van der Waals surface area contributed by atoms with E-state index >= 15 is 0 Å². The maximum atomic E-state index is 12.4. The summed E-state index contributed by atoms with van der Waals surface area (Å²) in [6.45, 7) is 4.26. The first-order chi connectivity index (χ1) is 11.1. The first-order valence-corrected chi connectivity index (χ1v) is 7.49. The number of amides is 1. The molecule has 23 heavy (non-hydrogen) atoms. The summed E-state index contributed by atoms with van der Waals surface area (Å²) in [6.07, 6.45) is 1.92. The van der Waals surface area contributed by atoms with E-state index in [2.05, 4.69) is 17.1 Å². The van der Waals surface area contributed by atoms with Gasteiger partial charge < -0.3 is 8.98 Å². The number of rotatable bonds is 3. The van der Waals surface area contributed by atoms with E-state index in [0.29, 0.717) is 29.1 Å². The topological polar surface area (TPSA) is 47.5 Å². The van der Waals surface area contributed by atoms with Crippen LogP contribution in [0.25, 0.3) is 0 Å². The summed E-state index contributed by atoms with van der Waals surface area (Å²) in [6, 6.07) is 17.5. The summed E-state index contributed by atoms with van der Waals surface area (Å²) in [5.74, 6) is 1.03. The van der Waals surface area contributed by atoms with Gasteiger partial charge in [-0.25, -0.2) is 0 Å². The summed E-state index contributed by atoms with van der Waals surface area (Å²) in [5.41, 5.74) is 2.29. The Balaban J connectivity index is 1.96. The zero-order valence-corrected chi connectivity index (χ0v) is 13.2. The van der Waals surface area contributed by atoms with Gasteiger partial charge in [0.2, 0.25) is 0 Å². The lowest BCUT2D eigenvalue weighted by Crippen LogP contribution is -2.22. The van der Waals surface area contributed by atoms with Gasteiger partial charge in [0, 0.05) is 12.7 Å². The van der Waals surface area contributed by atoms with Crippen molar-refractivity contribution in [1.29, 1.82) is 0 Å². The predicted molar refractivity (Wildman–Crippen MR) is 88.1 cm³/mol. The van der Waals surface area contributed by atoms with Crippen molar-refractivity contribution < 1.29 is 9.21 Å². The third kappa shape index (κ3) is 3.48. The monoisotopic (exact) mass is 306 g/mol. The molecule has 0 N–H and O–H groups in total. The van der Waals surface area contributed by atoms with Gasteiger partial charge in [0.25, 0.3) is 5.91 Å². The molecule has 0 aliphatic heterocycles. The SMILES string of the molecule is Cc1cc(C(=O)N=c2ccccn2Cc2ccccc2)c(C)o1. The molecule has 0 aliphatic rings. The number of carbonyl (C=O) groups is 1. The highest BCUT2D eigenvalue weighted by Crippen LogP contribution is 2.14. The van der Waals surface area contributed by atoms with Crippen molar-refractivity contribution in [3.05, 3.63) is 88.9 Å². The molecule has 0 saturated carbocycles. The minimum absolute atomic E-state index is 0.285. The highest BCUT2D eigenvalue weighted by molar-refractivity contribution is 5.95. The number of hydrogen-bond acceptors (Lipinski definition) is 2. The van der Waals surface area contributed by atoms with Crippen LogP contribution in [0.3, 0.4) is 0 Å². The molecule has 0 atom stereocenters. The summed E-state index contributed by atoms with van der Waals surface area (Å²) in [7, 11) is 0. The van der Waals surface area contributed by atoms with Crippen LogP contribution in [-0.2, 0) is 6.54 Å². The second kappa shape index (κ2) is 6.48. The molecular formula is C19H18N2O2. The Morgan fingerprint density at radius 2 is 1.83 bits per heavy atom. The van der Waals surface area contributed by atoms with Crippen molar-refractivity contribution in [2.24, 2.45) is 4.99 Å². The minimum Gasteiger partial charge on any atom is -0.466 e. The molecule has 1 aromatic carbocycles. The molecule has 0 radical (unpaired) electrons. The molecule has 0 saturated heterocycles. The Morgan fingerprint density at radius 1 is 1.09 bits per heavy atom. The molecule has 3 aromatic rings. The van der Waals surface area contributed by atoms with Crippen molar-refractivity contribution in [3.63, 3.8) is 0 Å². The molecule has 4 heteroatoms. The van der Waals surface area contributed by atoms with Crippen LogP contribution in [-0.4, -0.2) is 10.5 Å². The van der Waals surface area contributed by atoms with Crippen LogP contribution in [0.1, 0.15) is 27.4 Å². The number of furan rings is 1. The van der Waals surface area contributed by atoms with Gasteiger partial charge in [-0.3, -0.25) is 4.79 Å². The van der Waals surface area contributed by atoms with Gasteiger partial charge in [-0.05, 0) is 37.6 Å². The highest BCUT2D eigenvalue weighted by Gasteiger charge is 2.12. The van der Waals surface area contributed by atoms with E-state index in [1.807, 2.05) is 54.1 Å². The Hall–Kier alpha value is -2.88. The van der Waals surface area contributed by atoms with E-state index in [-0.39, 0.29) is 5.91 Å². The largest absolute Gasteiger partial charge is 0.466 e. The lowest BCUT2D eigenvalue weighted by atomic mass is 10.2. The molecule has 0 bridgehead atoms. The first kappa shape index (κ1) is 15.0. The molecule has 0 spiro atoms. The molecule has 0 aliphatic carbocycles. The van der Waals surface area contributed by atoms with E-state index in [1.165, 1.54) is 0 Å². The average molecular weight is 306 g/mol. The number of aryl methyl sites for hydroxylation is 2. The minimum atomic E-state index is -0.285. The van der Waals surface area contributed by atoms with E-state index in [9.17, 15) is 4.79 Å². The number of pyridine rings is 1. The highest BCUT2D eigenvalue weighted by atomic mass is 16.3.